The van der Waals surface area contributed by atoms with Gasteiger partial charge in [0.15, 0.2) is 11.5 Å². The maximum Gasteiger partial charge on any atom is 0.303 e. The lowest BCUT2D eigenvalue weighted by atomic mass is 9.97. The zero-order valence-corrected chi connectivity index (χ0v) is 16.2. The monoisotopic (exact) mass is 388 g/mol. The number of hydrogen-bond donors (Lipinski definition) is 3. The summed E-state index contributed by atoms with van der Waals surface area (Å²) in [5, 5.41) is 11.5. The third-order valence-corrected chi connectivity index (χ3v) is 4.04. The average molecular weight is 388 g/mol. The summed E-state index contributed by atoms with van der Waals surface area (Å²) in [5.41, 5.74) is -0.576. The number of methoxy groups -OCH3 is 2. The maximum atomic E-state index is 12.6. The fourth-order valence-electron chi connectivity index (χ4n) is 2.23. The van der Waals surface area contributed by atoms with E-state index in [1.165, 1.54) is 26.4 Å². The minimum Gasteiger partial charge on any atom is -0.493 e. The van der Waals surface area contributed by atoms with Crippen molar-refractivity contribution in [2.75, 3.05) is 25.2 Å². The molecule has 0 spiro atoms. The number of nitrogens with one attached hydrogen (secondary N) is 2. The SMILES string of the molecule is COc1cc(C(=O)NC(C)(C)CCC(=O)O)cc(NS(C)(=O)=O)c1OC. The number of anilines is 1. The molecule has 0 aliphatic heterocycles. The Morgan fingerprint density at radius 1 is 1.19 bits per heavy atom. The molecule has 0 radical (unpaired) electrons. The van der Waals surface area contributed by atoms with E-state index in [4.69, 9.17) is 14.6 Å². The van der Waals surface area contributed by atoms with Crippen molar-refractivity contribution in [3.8, 4) is 11.5 Å². The minimum atomic E-state index is -3.61. The molecule has 0 saturated carbocycles. The van der Waals surface area contributed by atoms with Crippen molar-refractivity contribution in [1.29, 1.82) is 0 Å². The molecule has 1 aromatic carbocycles. The fourth-order valence-corrected chi connectivity index (χ4v) is 2.78. The van der Waals surface area contributed by atoms with Crippen LogP contribution in [0.3, 0.4) is 0 Å². The second-order valence-corrected chi connectivity index (χ2v) is 8.11. The van der Waals surface area contributed by atoms with Crippen LogP contribution in [0.25, 0.3) is 0 Å². The van der Waals surface area contributed by atoms with E-state index < -0.39 is 27.4 Å². The number of benzene rings is 1. The fraction of sp³-hybridized carbons (Fsp3) is 0.500. The van der Waals surface area contributed by atoms with Crippen LogP contribution in [0.4, 0.5) is 5.69 Å². The predicted octanol–water partition coefficient (Wildman–Crippen LogP) is 1.45. The van der Waals surface area contributed by atoms with Gasteiger partial charge in [0.2, 0.25) is 10.0 Å². The van der Waals surface area contributed by atoms with Crippen LogP contribution in [0.1, 0.15) is 37.0 Å². The Morgan fingerprint density at radius 3 is 2.27 bits per heavy atom. The Morgan fingerprint density at radius 2 is 1.81 bits per heavy atom. The summed E-state index contributed by atoms with van der Waals surface area (Å²) < 4.78 is 35.7. The van der Waals surface area contributed by atoms with Crippen molar-refractivity contribution in [3.63, 3.8) is 0 Å². The van der Waals surface area contributed by atoms with Crippen LogP contribution in [0, 0.1) is 0 Å². The van der Waals surface area contributed by atoms with Crippen molar-refractivity contribution in [1.82, 2.24) is 5.32 Å². The molecular formula is C16H24N2O7S. The molecule has 1 rings (SSSR count). The topological polar surface area (TPSA) is 131 Å². The molecule has 146 valence electrons. The second-order valence-electron chi connectivity index (χ2n) is 6.37. The van der Waals surface area contributed by atoms with E-state index in [-0.39, 0.29) is 35.6 Å². The van der Waals surface area contributed by atoms with Crippen molar-refractivity contribution in [2.24, 2.45) is 0 Å². The van der Waals surface area contributed by atoms with E-state index in [9.17, 15) is 18.0 Å². The molecule has 26 heavy (non-hydrogen) atoms. The number of amides is 1. The van der Waals surface area contributed by atoms with Crippen LogP contribution in [0.2, 0.25) is 0 Å². The van der Waals surface area contributed by atoms with E-state index in [1.54, 1.807) is 13.8 Å². The number of carboxylic acid groups (broad SMARTS) is 1. The van der Waals surface area contributed by atoms with Gasteiger partial charge in [-0.25, -0.2) is 8.42 Å². The van der Waals surface area contributed by atoms with Crippen LogP contribution in [0.5, 0.6) is 11.5 Å². The number of ether oxygens (including phenoxy) is 2. The van der Waals surface area contributed by atoms with Gasteiger partial charge in [0, 0.05) is 17.5 Å². The number of rotatable bonds is 9. The minimum absolute atomic E-state index is 0.0582. The quantitative estimate of drug-likeness (QED) is 0.583. The lowest BCUT2D eigenvalue weighted by Crippen LogP contribution is -2.43. The molecule has 1 aromatic rings. The largest absolute Gasteiger partial charge is 0.493 e. The number of hydrogen-bond acceptors (Lipinski definition) is 6. The summed E-state index contributed by atoms with van der Waals surface area (Å²) in [7, 11) is -0.904. The van der Waals surface area contributed by atoms with Gasteiger partial charge in [0.05, 0.1) is 26.2 Å². The van der Waals surface area contributed by atoms with E-state index >= 15 is 0 Å². The highest BCUT2D eigenvalue weighted by Crippen LogP contribution is 2.37. The first-order valence-electron chi connectivity index (χ1n) is 7.66. The molecule has 0 heterocycles. The molecule has 0 unspecified atom stereocenters. The third-order valence-electron chi connectivity index (χ3n) is 3.45. The van der Waals surface area contributed by atoms with E-state index in [1.807, 2.05) is 0 Å². The predicted molar refractivity (Wildman–Crippen MR) is 96.4 cm³/mol. The van der Waals surface area contributed by atoms with Crippen LogP contribution in [-0.2, 0) is 14.8 Å². The first kappa shape index (κ1) is 21.6. The smallest absolute Gasteiger partial charge is 0.303 e. The Balaban J connectivity index is 3.20. The van der Waals surface area contributed by atoms with Crippen LogP contribution >= 0.6 is 0 Å². The summed E-state index contributed by atoms with van der Waals surface area (Å²) in [6.45, 7) is 3.40. The molecule has 0 aromatic heterocycles. The van der Waals surface area contributed by atoms with Gasteiger partial charge in [0.25, 0.3) is 5.91 Å². The Bertz CT molecular complexity index is 788. The molecule has 10 heteroatoms. The molecule has 0 fully saturated rings. The summed E-state index contributed by atoms with van der Waals surface area (Å²) in [6.07, 6.45) is 1.11. The number of carboxylic acids is 1. The number of aliphatic carboxylic acids is 1. The maximum absolute atomic E-state index is 12.6. The van der Waals surface area contributed by atoms with Crippen molar-refractivity contribution in [2.45, 2.75) is 32.2 Å². The zero-order valence-electron chi connectivity index (χ0n) is 15.4. The van der Waals surface area contributed by atoms with E-state index in [0.717, 1.165) is 6.26 Å². The Labute approximate surface area is 152 Å². The van der Waals surface area contributed by atoms with Gasteiger partial charge in [-0.05, 0) is 32.4 Å². The summed E-state index contributed by atoms with van der Waals surface area (Å²) >= 11 is 0. The highest BCUT2D eigenvalue weighted by Gasteiger charge is 2.24. The van der Waals surface area contributed by atoms with Crippen LogP contribution in [-0.4, -0.2) is 51.4 Å². The van der Waals surface area contributed by atoms with Crippen LogP contribution < -0.4 is 19.5 Å². The first-order chi connectivity index (χ1) is 11.9. The zero-order chi connectivity index (χ0) is 20.1. The molecule has 9 nitrogen and oxygen atoms in total. The highest BCUT2D eigenvalue weighted by molar-refractivity contribution is 7.92. The van der Waals surface area contributed by atoms with Gasteiger partial charge in [0.1, 0.15) is 0 Å². The summed E-state index contributed by atoms with van der Waals surface area (Å²) in [5.74, 6) is -1.15. The summed E-state index contributed by atoms with van der Waals surface area (Å²) in [6, 6.07) is 2.74. The van der Waals surface area contributed by atoms with Gasteiger partial charge in [-0.15, -0.1) is 0 Å². The van der Waals surface area contributed by atoms with E-state index in [0.29, 0.717) is 0 Å². The number of carbonyl (C=O) groups excluding carboxylic acids is 1. The normalized spacial score (nSPS) is 11.6. The molecule has 3 N–H and O–H groups in total. The summed E-state index contributed by atoms with van der Waals surface area (Å²) in [4.78, 5) is 23.3. The first-order valence-corrected chi connectivity index (χ1v) is 9.56. The van der Waals surface area contributed by atoms with Gasteiger partial charge in [-0.1, -0.05) is 0 Å². The van der Waals surface area contributed by atoms with Crippen molar-refractivity contribution in [3.05, 3.63) is 17.7 Å². The standard InChI is InChI=1S/C16H24N2O7S/c1-16(2,7-6-13(19)20)17-15(21)10-8-11(18-26(5,22)23)14(25-4)12(9-10)24-3/h8-9,18H,6-7H2,1-5H3,(H,17,21)(H,19,20). The van der Waals surface area contributed by atoms with Crippen molar-refractivity contribution < 1.29 is 32.6 Å². The molecule has 0 aliphatic rings. The molecule has 0 aliphatic carbocycles. The lowest BCUT2D eigenvalue weighted by Gasteiger charge is -2.26. The molecule has 0 atom stereocenters. The molecule has 0 saturated heterocycles. The van der Waals surface area contributed by atoms with Gasteiger partial charge < -0.3 is 19.9 Å². The molecule has 0 bridgehead atoms. The van der Waals surface area contributed by atoms with E-state index in [2.05, 4.69) is 10.0 Å². The van der Waals surface area contributed by atoms with Gasteiger partial charge >= 0.3 is 5.97 Å². The Kier molecular flexibility index (Phi) is 6.85. The number of carbonyl (C=O) groups is 2. The number of sulfonamides is 1. The van der Waals surface area contributed by atoms with Crippen LogP contribution in [0.15, 0.2) is 12.1 Å². The van der Waals surface area contributed by atoms with Gasteiger partial charge in [-0.2, -0.15) is 0 Å². The highest BCUT2D eigenvalue weighted by atomic mass is 32.2. The molecule has 1 amide bonds. The Hall–Kier alpha value is -2.49. The lowest BCUT2D eigenvalue weighted by molar-refractivity contribution is -0.137. The second kappa shape index (κ2) is 8.26. The van der Waals surface area contributed by atoms with Gasteiger partial charge in [-0.3, -0.25) is 14.3 Å². The van der Waals surface area contributed by atoms with Crippen molar-refractivity contribution >= 4 is 27.6 Å². The molecular weight excluding hydrogens is 364 g/mol. The average Bonchev–Trinajstić information content (AvgIpc) is 2.50. The third kappa shape index (κ3) is 6.43.